The third kappa shape index (κ3) is 3.69. The van der Waals surface area contributed by atoms with Gasteiger partial charge < -0.3 is 14.4 Å². The van der Waals surface area contributed by atoms with Gasteiger partial charge in [0.25, 0.3) is 0 Å². The first kappa shape index (κ1) is 11.6. The zero-order chi connectivity index (χ0) is 10.4. The Morgan fingerprint density at radius 1 is 1.71 bits per heavy atom. The number of aromatic nitrogens is 2. The number of nitrogens with zero attached hydrogens (tertiary/aromatic N) is 2. The molecule has 1 unspecified atom stereocenters. The number of hydrogen-bond donors (Lipinski definition) is 1. The second kappa shape index (κ2) is 6.06. The van der Waals surface area contributed by atoms with Crippen LogP contribution in [0.15, 0.2) is 17.6 Å². The third-order valence-corrected chi connectivity index (χ3v) is 2.90. The van der Waals surface area contributed by atoms with Gasteiger partial charge in [-0.05, 0) is 6.92 Å². The van der Waals surface area contributed by atoms with Crippen molar-refractivity contribution in [2.45, 2.75) is 18.2 Å². The van der Waals surface area contributed by atoms with Crippen LogP contribution in [0.4, 0.5) is 0 Å². The molecule has 0 aliphatic heterocycles. The molecule has 0 fully saturated rings. The van der Waals surface area contributed by atoms with E-state index in [1.807, 2.05) is 24.7 Å². The Labute approximate surface area is 88.3 Å². The van der Waals surface area contributed by atoms with Gasteiger partial charge in [-0.2, -0.15) is 0 Å². The number of aryl methyl sites for hydroxylation is 1. The molecule has 0 radical (unpaired) electrons. The van der Waals surface area contributed by atoms with Gasteiger partial charge >= 0.3 is 0 Å². The fourth-order valence-electron chi connectivity index (χ4n) is 0.964. The highest BCUT2D eigenvalue weighted by Crippen LogP contribution is 2.15. The lowest BCUT2D eigenvalue weighted by atomic mass is 10.4. The van der Waals surface area contributed by atoms with Gasteiger partial charge in [-0.3, -0.25) is 0 Å². The summed E-state index contributed by atoms with van der Waals surface area (Å²) in [6.07, 6.45) is 3.21. The van der Waals surface area contributed by atoms with Gasteiger partial charge in [0.1, 0.15) is 0 Å². The number of ether oxygens (including phenoxy) is 1. The van der Waals surface area contributed by atoms with Crippen LogP contribution in [0.2, 0.25) is 0 Å². The normalized spacial score (nSPS) is 13.1. The zero-order valence-corrected chi connectivity index (χ0v) is 9.33. The Hall–Kier alpha value is -0.520. The molecule has 0 spiro atoms. The van der Waals surface area contributed by atoms with Crippen LogP contribution in [-0.4, -0.2) is 39.7 Å². The molecule has 5 heteroatoms. The van der Waals surface area contributed by atoms with Crippen molar-refractivity contribution in [3.8, 4) is 0 Å². The molecular formula is C9H16N2O2S. The largest absolute Gasteiger partial charge is 0.390 e. The zero-order valence-electron chi connectivity index (χ0n) is 8.51. The highest BCUT2D eigenvalue weighted by molar-refractivity contribution is 7.99. The summed E-state index contributed by atoms with van der Waals surface area (Å²) in [5.74, 6) is 0.616. The predicted molar refractivity (Wildman–Crippen MR) is 56.4 cm³/mol. The molecule has 0 aliphatic carbocycles. The second-order valence-electron chi connectivity index (χ2n) is 2.95. The van der Waals surface area contributed by atoms with Crippen molar-refractivity contribution in [1.29, 1.82) is 0 Å². The average Bonchev–Trinajstić information content (AvgIpc) is 2.58. The summed E-state index contributed by atoms with van der Waals surface area (Å²) in [5.41, 5.74) is 0. The highest BCUT2D eigenvalue weighted by Gasteiger charge is 2.07. The Balaban J connectivity index is 2.23. The van der Waals surface area contributed by atoms with Crippen LogP contribution in [0.1, 0.15) is 6.92 Å². The molecule has 1 aromatic rings. The average molecular weight is 216 g/mol. The van der Waals surface area contributed by atoms with Gasteiger partial charge in [-0.15, -0.1) is 0 Å². The molecular weight excluding hydrogens is 200 g/mol. The van der Waals surface area contributed by atoms with Crippen LogP contribution in [0, 0.1) is 0 Å². The van der Waals surface area contributed by atoms with Crippen LogP contribution < -0.4 is 0 Å². The van der Waals surface area contributed by atoms with Gasteiger partial charge in [0.15, 0.2) is 5.16 Å². The van der Waals surface area contributed by atoms with E-state index in [0.717, 1.165) is 5.16 Å². The standard InChI is InChI=1S/C9H16N2O2S/c1-3-13-6-8(12)7-14-9-10-4-5-11(9)2/h4-5,8,12H,3,6-7H2,1-2H3. The van der Waals surface area contributed by atoms with Crippen LogP contribution in [0.25, 0.3) is 0 Å². The lowest BCUT2D eigenvalue weighted by Gasteiger charge is -2.09. The maximum Gasteiger partial charge on any atom is 0.167 e. The van der Waals surface area contributed by atoms with E-state index in [0.29, 0.717) is 19.0 Å². The summed E-state index contributed by atoms with van der Waals surface area (Å²) in [6.45, 7) is 2.96. The minimum absolute atomic E-state index is 0.397. The Morgan fingerprint density at radius 3 is 3.07 bits per heavy atom. The van der Waals surface area contributed by atoms with Gasteiger partial charge in [0.2, 0.25) is 0 Å². The summed E-state index contributed by atoms with van der Waals surface area (Å²) in [4.78, 5) is 4.14. The van der Waals surface area contributed by atoms with Crippen LogP contribution >= 0.6 is 11.8 Å². The molecule has 0 saturated heterocycles. The summed E-state index contributed by atoms with van der Waals surface area (Å²) in [6, 6.07) is 0. The number of hydrogen-bond acceptors (Lipinski definition) is 4. The number of aliphatic hydroxyl groups excluding tert-OH is 1. The summed E-state index contributed by atoms with van der Waals surface area (Å²) < 4.78 is 7.03. The van der Waals surface area contributed by atoms with Crippen molar-refractivity contribution < 1.29 is 9.84 Å². The molecule has 0 amide bonds. The summed E-state index contributed by atoms with van der Waals surface area (Å²) >= 11 is 1.53. The summed E-state index contributed by atoms with van der Waals surface area (Å²) in [5, 5.41) is 10.4. The maximum absolute atomic E-state index is 9.49. The van der Waals surface area contributed by atoms with Crippen molar-refractivity contribution >= 4 is 11.8 Å². The van der Waals surface area contributed by atoms with E-state index in [1.165, 1.54) is 11.8 Å². The topological polar surface area (TPSA) is 47.3 Å². The lowest BCUT2D eigenvalue weighted by molar-refractivity contribution is 0.0551. The van der Waals surface area contributed by atoms with E-state index >= 15 is 0 Å². The van der Waals surface area contributed by atoms with E-state index < -0.39 is 6.10 Å². The van der Waals surface area contributed by atoms with E-state index in [1.54, 1.807) is 6.20 Å². The number of rotatable bonds is 6. The van der Waals surface area contributed by atoms with E-state index in [2.05, 4.69) is 4.98 Å². The van der Waals surface area contributed by atoms with Gasteiger partial charge in [0, 0.05) is 31.8 Å². The highest BCUT2D eigenvalue weighted by atomic mass is 32.2. The molecule has 0 bridgehead atoms. The molecule has 14 heavy (non-hydrogen) atoms. The first-order valence-electron chi connectivity index (χ1n) is 4.60. The SMILES string of the molecule is CCOCC(O)CSc1nccn1C. The number of imidazole rings is 1. The molecule has 0 aliphatic rings. The lowest BCUT2D eigenvalue weighted by Crippen LogP contribution is -2.18. The molecule has 1 N–H and O–H groups in total. The quantitative estimate of drug-likeness (QED) is 0.718. The van der Waals surface area contributed by atoms with Crippen molar-refractivity contribution in [2.24, 2.45) is 7.05 Å². The molecule has 1 heterocycles. The van der Waals surface area contributed by atoms with Crippen LogP contribution in [0.3, 0.4) is 0 Å². The molecule has 0 saturated carbocycles. The van der Waals surface area contributed by atoms with Crippen molar-refractivity contribution in [2.75, 3.05) is 19.0 Å². The van der Waals surface area contributed by atoms with Crippen LogP contribution in [0.5, 0.6) is 0 Å². The third-order valence-electron chi connectivity index (χ3n) is 1.70. The molecule has 4 nitrogen and oxygen atoms in total. The Morgan fingerprint density at radius 2 is 2.50 bits per heavy atom. The van der Waals surface area contributed by atoms with Crippen LogP contribution in [-0.2, 0) is 11.8 Å². The van der Waals surface area contributed by atoms with Crippen molar-refractivity contribution in [3.63, 3.8) is 0 Å². The minimum atomic E-state index is -0.420. The van der Waals surface area contributed by atoms with Gasteiger partial charge in [-0.1, -0.05) is 11.8 Å². The smallest absolute Gasteiger partial charge is 0.167 e. The van der Waals surface area contributed by atoms with E-state index in [9.17, 15) is 5.11 Å². The predicted octanol–water partition coefficient (Wildman–Crippen LogP) is 0.910. The fourth-order valence-corrected chi connectivity index (χ4v) is 1.80. The summed E-state index contributed by atoms with van der Waals surface area (Å²) in [7, 11) is 1.93. The van der Waals surface area contributed by atoms with Crippen molar-refractivity contribution in [1.82, 2.24) is 9.55 Å². The number of thioether (sulfide) groups is 1. The maximum atomic E-state index is 9.49. The Bertz CT molecular complexity index is 265. The first-order valence-corrected chi connectivity index (χ1v) is 5.58. The van der Waals surface area contributed by atoms with E-state index in [4.69, 9.17) is 4.74 Å². The molecule has 1 aromatic heterocycles. The fraction of sp³-hybridized carbons (Fsp3) is 0.667. The number of aliphatic hydroxyl groups is 1. The monoisotopic (exact) mass is 216 g/mol. The molecule has 1 atom stereocenters. The second-order valence-corrected chi connectivity index (χ2v) is 3.93. The Kier molecular flexibility index (Phi) is 5.00. The van der Waals surface area contributed by atoms with Gasteiger partial charge in [0.05, 0.1) is 12.7 Å². The molecule has 80 valence electrons. The first-order chi connectivity index (χ1) is 6.74. The molecule has 0 aromatic carbocycles. The van der Waals surface area contributed by atoms with Gasteiger partial charge in [-0.25, -0.2) is 4.98 Å². The minimum Gasteiger partial charge on any atom is -0.390 e. The molecule has 1 rings (SSSR count). The van der Waals surface area contributed by atoms with Crippen molar-refractivity contribution in [3.05, 3.63) is 12.4 Å². The van der Waals surface area contributed by atoms with E-state index in [-0.39, 0.29) is 0 Å².